The van der Waals surface area contributed by atoms with Gasteiger partial charge in [0, 0.05) is 30.0 Å². The summed E-state index contributed by atoms with van der Waals surface area (Å²) in [5.41, 5.74) is 4.26. The molecule has 0 radical (unpaired) electrons. The first-order valence-corrected chi connectivity index (χ1v) is 10.1. The second-order valence-electron chi connectivity index (χ2n) is 6.48. The maximum absolute atomic E-state index is 5.77. The SMILES string of the molecule is COc1ccc(C)cc1NC(=S)N(Cc1cccnc1)Cc1cccc(Br)c1. The van der Waals surface area contributed by atoms with Crippen molar-refractivity contribution in [2.75, 3.05) is 12.4 Å². The number of nitrogens with zero attached hydrogens (tertiary/aromatic N) is 2. The molecule has 0 fully saturated rings. The maximum atomic E-state index is 5.77. The number of rotatable bonds is 6. The number of hydrogen-bond acceptors (Lipinski definition) is 3. The molecule has 1 aromatic heterocycles. The van der Waals surface area contributed by atoms with E-state index in [1.165, 1.54) is 5.56 Å². The van der Waals surface area contributed by atoms with Gasteiger partial charge in [0.25, 0.3) is 0 Å². The minimum atomic E-state index is 0.632. The first-order chi connectivity index (χ1) is 13.5. The number of ether oxygens (including phenoxy) is 1. The first-order valence-electron chi connectivity index (χ1n) is 8.89. The number of methoxy groups -OCH3 is 1. The third-order valence-corrected chi connectivity index (χ3v) is 5.10. The third-order valence-electron chi connectivity index (χ3n) is 4.24. The summed E-state index contributed by atoms with van der Waals surface area (Å²) in [5, 5.41) is 3.99. The van der Waals surface area contributed by atoms with Crippen LogP contribution in [0.1, 0.15) is 16.7 Å². The van der Waals surface area contributed by atoms with E-state index in [9.17, 15) is 0 Å². The smallest absolute Gasteiger partial charge is 0.174 e. The molecular formula is C22H22BrN3OS. The highest BCUT2D eigenvalue weighted by Gasteiger charge is 2.14. The number of benzene rings is 2. The Morgan fingerprint density at radius 2 is 1.89 bits per heavy atom. The molecule has 4 nitrogen and oxygen atoms in total. The molecule has 0 unspecified atom stereocenters. The van der Waals surface area contributed by atoms with Gasteiger partial charge in [0.15, 0.2) is 5.11 Å². The number of thiocarbonyl (C=S) groups is 1. The first kappa shape index (κ1) is 20.3. The molecule has 3 aromatic rings. The van der Waals surface area contributed by atoms with Gasteiger partial charge < -0.3 is 15.0 Å². The van der Waals surface area contributed by atoms with Crippen LogP contribution in [0.3, 0.4) is 0 Å². The van der Waals surface area contributed by atoms with Gasteiger partial charge in [0.2, 0.25) is 0 Å². The largest absolute Gasteiger partial charge is 0.495 e. The standard InChI is InChI=1S/C22H22BrN3OS/c1-16-8-9-21(27-2)20(11-16)25-22(28)26(15-18-6-4-10-24-13-18)14-17-5-3-7-19(23)12-17/h3-13H,14-15H2,1-2H3,(H,25,28). The normalized spacial score (nSPS) is 10.4. The van der Waals surface area contributed by atoms with Crippen LogP contribution in [0.4, 0.5) is 5.69 Å². The number of aromatic nitrogens is 1. The van der Waals surface area contributed by atoms with E-state index in [1.54, 1.807) is 13.3 Å². The molecule has 2 aromatic carbocycles. The van der Waals surface area contributed by atoms with Crippen LogP contribution in [-0.4, -0.2) is 22.1 Å². The Hall–Kier alpha value is -2.44. The summed E-state index contributed by atoms with van der Waals surface area (Å²) in [6, 6.07) is 18.2. The molecule has 0 bridgehead atoms. The summed E-state index contributed by atoms with van der Waals surface area (Å²) in [4.78, 5) is 6.34. The quantitative estimate of drug-likeness (QED) is 0.492. The molecule has 0 aliphatic carbocycles. The Morgan fingerprint density at radius 3 is 2.61 bits per heavy atom. The van der Waals surface area contributed by atoms with Gasteiger partial charge in [-0.05, 0) is 66.2 Å². The van der Waals surface area contributed by atoms with Crippen molar-refractivity contribution in [1.29, 1.82) is 0 Å². The van der Waals surface area contributed by atoms with Gasteiger partial charge in [-0.2, -0.15) is 0 Å². The number of aryl methyl sites for hydroxylation is 1. The van der Waals surface area contributed by atoms with E-state index in [2.05, 4.69) is 49.3 Å². The fraction of sp³-hybridized carbons (Fsp3) is 0.182. The van der Waals surface area contributed by atoms with Gasteiger partial charge in [0.1, 0.15) is 5.75 Å². The molecule has 0 saturated heterocycles. The van der Waals surface area contributed by atoms with Crippen LogP contribution in [0.5, 0.6) is 5.75 Å². The summed E-state index contributed by atoms with van der Waals surface area (Å²) < 4.78 is 6.52. The Morgan fingerprint density at radius 1 is 1.11 bits per heavy atom. The lowest BCUT2D eigenvalue weighted by atomic mass is 10.2. The van der Waals surface area contributed by atoms with Gasteiger partial charge >= 0.3 is 0 Å². The number of hydrogen-bond donors (Lipinski definition) is 1. The van der Waals surface area contributed by atoms with Crippen molar-refractivity contribution in [2.45, 2.75) is 20.0 Å². The predicted molar refractivity (Wildman–Crippen MR) is 122 cm³/mol. The zero-order chi connectivity index (χ0) is 19.9. The number of halogens is 1. The van der Waals surface area contributed by atoms with Crippen molar-refractivity contribution in [3.8, 4) is 5.75 Å². The van der Waals surface area contributed by atoms with E-state index >= 15 is 0 Å². The molecule has 28 heavy (non-hydrogen) atoms. The van der Waals surface area contributed by atoms with Crippen molar-refractivity contribution in [3.05, 3.63) is 88.2 Å². The zero-order valence-electron chi connectivity index (χ0n) is 15.9. The molecule has 1 N–H and O–H groups in total. The topological polar surface area (TPSA) is 37.4 Å². The summed E-state index contributed by atoms with van der Waals surface area (Å²) >= 11 is 9.31. The lowest BCUT2D eigenvalue weighted by molar-refractivity contribution is 0.408. The molecule has 0 aliphatic rings. The molecule has 0 amide bonds. The summed E-state index contributed by atoms with van der Waals surface area (Å²) in [6.07, 6.45) is 3.64. The lowest BCUT2D eigenvalue weighted by Crippen LogP contribution is -2.34. The Kier molecular flexibility index (Phi) is 7.01. The van der Waals surface area contributed by atoms with E-state index in [1.807, 2.05) is 49.5 Å². The molecule has 1 heterocycles. The fourth-order valence-corrected chi connectivity index (χ4v) is 3.57. The average Bonchev–Trinajstić information content (AvgIpc) is 2.68. The van der Waals surface area contributed by atoms with Crippen LogP contribution >= 0.6 is 28.1 Å². The number of nitrogens with one attached hydrogen (secondary N) is 1. The van der Waals surface area contributed by atoms with Crippen LogP contribution in [0.15, 0.2) is 71.5 Å². The average molecular weight is 456 g/mol. The molecule has 144 valence electrons. The third kappa shape index (κ3) is 5.53. The van der Waals surface area contributed by atoms with Gasteiger partial charge in [0.05, 0.1) is 12.8 Å². The molecule has 3 rings (SSSR count). The van der Waals surface area contributed by atoms with Crippen molar-refractivity contribution < 1.29 is 4.74 Å². The minimum Gasteiger partial charge on any atom is -0.495 e. The van der Waals surface area contributed by atoms with Crippen LogP contribution in [0.2, 0.25) is 0 Å². The maximum Gasteiger partial charge on any atom is 0.174 e. The monoisotopic (exact) mass is 455 g/mol. The van der Waals surface area contributed by atoms with Crippen LogP contribution in [-0.2, 0) is 13.1 Å². The molecule has 0 aliphatic heterocycles. The van der Waals surface area contributed by atoms with Gasteiger partial charge in [-0.3, -0.25) is 4.98 Å². The predicted octanol–water partition coefficient (Wildman–Crippen LogP) is 5.56. The van der Waals surface area contributed by atoms with E-state index in [-0.39, 0.29) is 0 Å². The fourth-order valence-electron chi connectivity index (χ4n) is 2.88. The minimum absolute atomic E-state index is 0.632. The lowest BCUT2D eigenvalue weighted by Gasteiger charge is -2.27. The van der Waals surface area contributed by atoms with Gasteiger partial charge in [-0.1, -0.05) is 40.2 Å². The van der Waals surface area contributed by atoms with Crippen LogP contribution in [0.25, 0.3) is 0 Å². The zero-order valence-corrected chi connectivity index (χ0v) is 18.3. The van der Waals surface area contributed by atoms with Gasteiger partial charge in [-0.15, -0.1) is 0 Å². The Labute approximate surface area is 179 Å². The molecule has 0 saturated carbocycles. The summed E-state index contributed by atoms with van der Waals surface area (Å²) in [6.45, 7) is 3.37. The number of pyridine rings is 1. The van der Waals surface area contributed by atoms with Crippen molar-refractivity contribution in [3.63, 3.8) is 0 Å². The molecular weight excluding hydrogens is 434 g/mol. The highest BCUT2D eigenvalue weighted by Crippen LogP contribution is 2.26. The van der Waals surface area contributed by atoms with Gasteiger partial charge in [-0.25, -0.2) is 0 Å². The van der Waals surface area contributed by atoms with E-state index < -0.39 is 0 Å². The number of anilines is 1. The van der Waals surface area contributed by atoms with Crippen molar-refractivity contribution in [2.24, 2.45) is 0 Å². The molecule has 6 heteroatoms. The molecule has 0 atom stereocenters. The van der Waals surface area contributed by atoms with Crippen molar-refractivity contribution in [1.82, 2.24) is 9.88 Å². The second-order valence-corrected chi connectivity index (χ2v) is 7.78. The summed E-state index contributed by atoms with van der Waals surface area (Å²) in [7, 11) is 1.66. The second kappa shape index (κ2) is 9.66. The Bertz CT molecular complexity index is 950. The van der Waals surface area contributed by atoms with Crippen LogP contribution in [0, 0.1) is 6.92 Å². The molecule has 0 spiro atoms. The highest BCUT2D eigenvalue weighted by atomic mass is 79.9. The summed E-state index contributed by atoms with van der Waals surface area (Å²) in [5.74, 6) is 0.761. The van der Waals surface area contributed by atoms with E-state index in [0.29, 0.717) is 18.2 Å². The highest BCUT2D eigenvalue weighted by molar-refractivity contribution is 9.10. The van der Waals surface area contributed by atoms with Crippen LogP contribution < -0.4 is 10.1 Å². The van der Waals surface area contributed by atoms with E-state index in [4.69, 9.17) is 17.0 Å². The van der Waals surface area contributed by atoms with Crippen molar-refractivity contribution >= 4 is 38.9 Å². The Balaban J connectivity index is 1.84. The van der Waals surface area contributed by atoms with E-state index in [0.717, 1.165) is 27.0 Å².